The molecular weight excluding hydrogens is 372 g/mol. The third-order valence-corrected chi connectivity index (χ3v) is 4.56. The number of furan rings is 1. The molecule has 0 aliphatic heterocycles. The molecule has 2 aromatic carbocycles. The second-order valence-electron chi connectivity index (χ2n) is 5.54. The maximum absolute atomic E-state index is 11.9. The molecule has 0 saturated heterocycles. The third-order valence-electron chi connectivity index (χ3n) is 3.63. The molecule has 0 aliphatic carbocycles. The van der Waals surface area contributed by atoms with Gasteiger partial charge in [-0.05, 0) is 30.3 Å². The van der Waals surface area contributed by atoms with Crippen molar-refractivity contribution in [3.63, 3.8) is 0 Å². The predicted octanol–water partition coefficient (Wildman–Crippen LogP) is 3.03. The minimum Gasteiger partial charge on any atom is -0.478 e. The van der Waals surface area contributed by atoms with Gasteiger partial charge in [-0.2, -0.15) is 0 Å². The maximum Gasteiger partial charge on any atom is 0.337 e. The van der Waals surface area contributed by atoms with Gasteiger partial charge in [0.25, 0.3) is 0 Å². The van der Waals surface area contributed by atoms with Crippen LogP contribution in [-0.2, 0) is 16.6 Å². The van der Waals surface area contributed by atoms with E-state index in [1.807, 2.05) is 0 Å². The fourth-order valence-electron chi connectivity index (χ4n) is 2.40. The second-order valence-corrected chi connectivity index (χ2v) is 7.07. The van der Waals surface area contributed by atoms with Crippen LogP contribution < -0.4 is 15.2 Å². The van der Waals surface area contributed by atoms with Gasteiger partial charge < -0.3 is 19.6 Å². The molecule has 0 aliphatic rings. The maximum atomic E-state index is 11.9. The highest BCUT2D eigenvalue weighted by Crippen LogP contribution is 2.34. The Morgan fingerprint density at radius 2 is 1.89 bits per heavy atom. The summed E-state index contributed by atoms with van der Waals surface area (Å²) in [6, 6.07) is 14.1. The molecule has 3 rings (SSSR count). The molecule has 4 N–H and O–H groups in total. The van der Waals surface area contributed by atoms with E-state index in [4.69, 9.17) is 14.3 Å². The summed E-state index contributed by atoms with van der Waals surface area (Å²) in [6.07, 6.45) is 1.49. The Labute approximate surface area is 155 Å². The molecule has 0 spiro atoms. The molecule has 0 radical (unpaired) electrons. The van der Waals surface area contributed by atoms with Crippen LogP contribution in [0.2, 0.25) is 0 Å². The summed E-state index contributed by atoms with van der Waals surface area (Å²) in [5, 5.41) is 17.6. The molecule has 1 heterocycles. The summed E-state index contributed by atoms with van der Waals surface area (Å²) in [4.78, 5) is 11.2. The summed E-state index contributed by atoms with van der Waals surface area (Å²) in [5.41, 5.74) is -0.0942. The Bertz CT molecular complexity index is 1050. The first kappa shape index (κ1) is 18.5. The number of anilines is 1. The van der Waals surface area contributed by atoms with Gasteiger partial charge in [-0.15, -0.1) is 0 Å². The van der Waals surface area contributed by atoms with E-state index in [1.165, 1.54) is 12.3 Å². The lowest BCUT2D eigenvalue weighted by molar-refractivity contribution is 0.0697. The molecule has 8 nitrogen and oxygen atoms in total. The number of hydrogen-bond donors (Lipinski definition) is 3. The number of carboxylic acids is 1. The van der Waals surface area contributed by atoms with Crippen LogP contribution in [0.1, 0.15) is 16.1 Å². The third kappa shape index (κ3) is 4.46. The molecule has 0 amide bonds. The molecule has 0 saturated carbocycles. The van der Waals surface area contributed by atoms with Crippen molar-refractivity contribution in [2.45, 2.75) is 11.4 Å². The smallest absolute Gasteiger partial charge is 0.337 e. The molecule has 27 heavy (non-hydrogen) atoms. The average Bonchev–Trinajstić information content (AvgIpc) is 3.13. The highest BCUT2D eigenvalue weighted by atomic mass is 32.2. The number of nitrogens with one attached hydrogen (secondary N) is 1. The van der Waals surface area contributed by atoms with Crippen molar-refractivity contribution in [1.82, 2.24) is 0 Å². The number of hydrogen-bond acceptors (Lipinski definition) is 6. The van der Waals surface area contributed by atoms with Gasteiger partial charge >= 0.3 is 5.97 Å². The molecular formula is C18H16N2O6S. The Morgan fingerprint density at radius 3 is 2.48 bits per heavy atom. The first-order valence-corrected chi connectivity index (χ1v) is 9.32. The van der Waals surface area contributed by atoms with Gasteiger partial charge in [0.1, 0.15) is 22.2 Å². The van der Waals surface area contributed by atoms with E-state index in [2.05, 4.69) is 5.32 Å². The average molecular weight is 388 g/mol. The van der Waals surface area contributed by atoms with Crippen LogP contribution in [0, 0.1) is 0 Å². The Hall–Kier alpha value is -3.30. The Kier molecular flexibility index (Phi) is 5.15. The Balaban J connectivity index is 2.05. The topological polar surface area (TPSA) is 132 Å². The normalized spacial score (nSPS) is 11.1. The summed E-state index contributed by atoms with van der Waals surface area (Å²) < 4.78 is 34.7. The van der Waals surface area contributed by atoms with Crippen LogP contribution in [-0.4, -0.2) is 19.5 Å². The van der Waals surface area contributed by atoms with Gasteiger partial charge in [0.15, 0.2) is 0 Å². The van der Waals surface area contributed by atoms with Crippen molar-refractivity contribution in [3.8, 4) is 11.5 Å². The number of rotatable bonds is 7. The number of aromatic carboxylic acids is 1. The molecule has 140 valence electrons. The van der Waals surface area contributed by atoms with Crippen LogP contribution >= 0.6 is 0 Å². The van der Waals surface area contributed by atoms with Crippen molar-refractivity contribution in [2.75, 3.05) is 5.32 Å². The number of benzene rings is 2. The van der Waals surface area contributed by atoms with Gasteiger partial charge in [0, 0.05) is 6.07 Å². The summed E-state index contributed by atoms with van der Waals surface area (Å²) in [6.45, 7) is 0.201. The van der Waals surface area contributed by atoms with Gasteiger partial charge in [-0.25, -0.2) is 18.4 Å². The van der Waals surface area contributed by atoms with Gasteiger partial charge in [0.05, 0.1) is 24.1 Å². The van der Waals surface area contributed by atoms with Crippen LogP contribution in [0.5, 0.6) is 11.5 Å². The number of carboxylic acid groups (broad SMARTS) is 1. The molecule has 0 fully saturated rings. The monoisotopic (exact) mass is 388 g/mol. The Morgan fingerprint density at radius 1 is 1.15 bits per heavy atom. The fraction of sp³-hybridized carbons (Fsp3) is 0.0556. The van der Waals surface area contributed by atoms with E-state index < -0.39 is 20.9 Å². The summed E-state index contributed by atoms with van der Waals surface area (Å²) in [7, 11) is -4.22. The van der Waals surface area contributed by atoms with E-state index in [9.17, 15) is 18.3 Å². The number of ether oxygens (including phenoxy) is 1. The standard InChI is InChI=1S/C18H16N2O6S/c19-27(23,24)17-9-14(18(21)22)15(20-11-13-7-4-8-25-13)10-16(17)26-12-5-2-1-3-6-12/h1-10,20H,11H2,(H,21,22)(H2,19,23,24). The van der Waals surface area contributed by atoms with E-state index >= 15 is 0 Å². The lowest BCUT2D eigenvalue weighted by Gasteiger charge is -2.15. The van der Waals surface area contributed by atoms with Crippen LogP contribution in [0.15, 0.2) is 70.2 Å². The predicted molar refractivity (Wildman–Crippen MR) is 97.3 cm³/mol. The minimum absolute atomic E-state index is 0.0874. The van der Waals surface area contributed by atoms with Crippen molar-refractivity contribution in [2.24, 2.45) is 5.14 Å². The number of nitrogens with two attached hydrogens (primary N) is 1. The summed E-state index contributed by atoms with van der Waals surface area (Å²) >= 11 is 0. The van der Waals surface area contributed by atoms with Crippen LogP contribution in [0.4, 0.5) is 5.69 Å². The molecule has 0 atom stereocenters. The fourth-order valence-corrected chi connectivity index (χ4v) is 3.06. The van der Waals surface area contributed by atoms with E-state index in [-0.39, 0.29) is 23.5 Å². The zero-order chi connectivity index (χ0) is 19.4. The molecule has 3 aromatic rings. The number of sulfonamides is 1. The lowest BCUT2D eigenvalue weighted by Crippen LogP contribution is -2.16. The molecule has 1 aromatic heterocycles. The van der Waals surface area contributed by atoms with Crippen molar-refractivity contribution < 1.29 is 27.5 Å². The second kappa shape index (κ2) is 7.52. The number of primary sulfonamides is 1. The van der Waals surface area contributed by atoms with Crippen LogP contribution in [0.3, 0.4) is 0 Å². The first-order chi connectivity index (χ1) is 12.8. The molecule has 9 heteroatoms. The number of para-hydroxylation sites is 1. The minimum atomic E-state index is -4.22. The SMILES string of the molecule is NS(=O)(=O)c1cc(C(=O)O)c(NCc2ccco2)cc1Oc1ccccc1. The van der Waals surface area contributed by atoms with Gasteiger partial charge in [-0.1, -0.05) is 18.2 Å². The quantitative estimate of drug-likeness (QED) is 0.567. The van der Waals surface area contributed by atoms with E-state index in [0.29, 0.717) is 11.5 Å². The molecule has 0 unspecified atom stereocenters. The van der Waals surface area contributed by atoms with Crippen molar-refractivity contribution >= 4 is 21.7 Å². The highest BCUT2D eigenvalue weighted by molar-refractivity contribution is 7.89. The first-order valence-electron chi connectivity index (χ1n) is 7.78. The molecule has 0 bridgehead atoms. The number of carbonyl (C=O) groups is 1. The van der Waals surface area contributed by atoms with Crippen molar-refractivity contribution in [3.05, 3.63) is 72.2 Å². The summed E-state index contributed by atoms with van der Waals surface area (Å²) in [5.74, 6) is -0.446. The lowest BCUT2D eigenvalue weighted by atomic mass is 10.1. The van der Waals surface area contributed by atoms with Gasteiger partial charge in [-0.3, -0.25) is 0 Å². The highest BCUT2D eigenvalue weighted by Gasteiger charge is 2.22. The van der Waals surface area contributed by atoms with E-state index in [1.54, 1.807) is 42.5 Å². The van der Waals surface area contributed by atoms with Gasteiger partial charge in [0.2, 0.25) is 10.0 Å². The van der Waals surface area contributed by atoms with E-state index in [0.717, 1.165) is 6.07 Å². The zero-order valence-electron chi connectivity index (χ0n) is 14.0. The zero-order valence-corrected chi connectivity index (χ0v) is 14.8. The van der Waals surface area contributed by atoms with Crippen LogP contribution in [0.25, 0.3) is 0 Å². The van der Waals surface area contributed by atoms with Crippen molar-refractivity contribution in [1.29, 1.82) is 0 Å². The largest absolute Gasteiger partial charge is 0.478 e.